The van der Waals surface area contributed by atoms with Crippen LogP contribution in [0.2, 0.25) is 0 Å². The number of anilines is 1. The zero-order chi connectivity index (χ0) is 23.1. The summed E-state index contributed by atoms with van der Waals surface area (Å²) in [4.78, 5) is 39.7. The molecule has 2 aromatic heterocycles. The Morgan fingerprint density at radius 3 is 2.85 bits per heavy atom. The van der Waals surface area contributed by atoms with E-state index < -0.39 is 0 Å². The zero-order valence-electron chi connectivity index (χ0n) is 19.5. The Morgan fingerprint density at radius 1 is 1.21 bits per heavy atom. The molecule has 0 aliphatic carbocycles. The lowest BCUT2D eigenvalue weighted by molar-refractivity contribution is -0.130. The van der Waals surface area contributed by atoms with Crippen LogP contribution in [0.4, 0.5) is 5.82 Å². The molecule has 1 aromatic carbocycles. The van der Waals surface area contributed by atoms with Crippen LogP contribution in [-0.4, -0.2) is 64.0 Å². The molecule has 8 nitrogen and oxygen atoms in total. The Kier molecular flexibility index (Phi) is 5.62. The molecule has 0 spiro atoms. The lowest BCUT2D eigenvalue weighted by atomic mass is 10.0. The number of hydrogen-bond donors (Lipinski definition) is 1. The van der Waals surface area contributed by atoms with Crippen molar-refractivity contribution in [2.45, 2.75) is 38.8 Å². The molecule has 0 bridgehead atoms. The molecule has 2 aliphatic heterocycles. The minimum Gasteiger partial charge on any atom is -0.373 e. The molecule has 0 saturated carbocycles. The summed E-state index contributed by atoms with van der Waals surface area (Å²) in [6.07, 6.45) is 1.77. The van der Waals surface area contributed by atoms with Gasteiger partial charge in [-0.15, -0.1) is 0 Å². The van der Waals surface area contributed by atoms with Gasteiger partial charge in [0.2, 0.25) is 5.91 Å². The maximum absolute atomic E-state index is 13.2. The molecular weight excluding hydrogens is 416 g/mol. The Labute approximate surface area is 193 Å². The van der Waals surface area contributed by atoms with Crippen LogP contribution in [0.5, 0.6) is 0 Å². The van der Waals surface area contributed by atoms with Crippen molar-refractivity contribution in [2.75, 3.05) is 39.0 Å². The van der Waals surface area contributed by atoms with Gasteiger partial charge in [-0.1, -0.05) is 18.2 Å². The van der Waals surface area contributed by atoms with Gasteiger partial charge in [0, 0.05) is 56.2 Å². The first-order chi connectivity index (χ1) is 15.9. The van der Waals surface area contributed by atoms with Crippen molar-refractivity contribution < 1.29 is 4.79 Å². The van der Waals surface area contributed by atoms with Crippen molar-refractivity contribution in [3.8, 4) is 0 Å². The predicted octanol–water partition coefficient (Wildman–Crippen LogP) is 2.15. The van der Waals surface area contributed by atoms with Crippen molar-refractivity contribution >= 4 is 22.6 Å². The molecule has 0 unspecified atom stereocenters. The number of fused-ring (bicyclic) bond motifs is 2. The molecule has 0 radical (unpaired) electrons. The fourth-order valence-electron chi connectivity index (χ4n) is 5.07. The maximum atomic E-state index is 13.2. The fourth-order valence-corrected chi connectivity index (χ4v) is 5.07. The number of benzene rings is 1. The summed E-state index contributed by atoms with van der Waals surface area (Å²) in [7, 11) is 4.01. The van der Waals surface area contributed by atoms with E-state index in [9.17, 15) is 9.59 Å². The molecule has 1 atom stereocenters. The van der Waals surface area contributed by atoms with Gasteiger partial charge in [0.05, 0.1) is 11.2 Å². The largest absolute Gasteiger partial charge is 0.373 e. The van der Waals surface area contributed by atoms with Gasteiger partial charge in [-0.25, -0.2) is 9.97 Å². The number of nitrogens with one attached hydrogen (secondary N) is 1. The molecule has 5 rings (SSSR count). The first-order valence-electron chi connectivity index (χ1n) is 11.6. The summed E-state index contributed by atoms with van der Waals surface area (Å²) in [6, 6.07) is 9.35. The van der Waals surface area contributed by atoms with Crippen LogP contribution in [0, 0.1) is 6.92 Å². The van der Waals surface area contributed by atoms with E-state index in [0.29, 0.717) is 13.1 Å². The number of aryl methyl sites for hydroxylation is 1. The molecule has 33 heavy (non-hydrogen) atoms. The monoisotopic (exact) mass is 446 g/mol. The van der Waals surface area contributed by atoms with Crippen molar-refractivity contribution in [3.63, 3.8) is 0 Å². The average Bonchev–Trinajstić information content (AvgIpc) is 3.31. The number of pyridine rings is 1. The summed E-state index contributed by atoms with van der Waals surface area (Å²) >= 11 is 0. The third-order valence-electron chi connectivity index (χ3n) is 6.94. The van der Waals surface area contributed by atoms with E-state index in [1.54, 1.807) is 10.6 Å². The van der Waals surface area contributed by atoms with E-state index in [4.69, 9.17) is 9.97 Å². The van der Waals surface area contributed by atoms with E-state index in [0.717, 1.165) is 59.7 Å². The van der Waals surface area contributed by atoms with Crippen LogP contribution in [0.1, 0.15) is 35.0 Å². The quantitative estimate of drug-likeness (QED) is 0.661. The Morgan fingerprint density at radius 2 is 2.03 bits per heavy atom. The first-order valence-corrected chi connectivity index (χ1v) is 11.6. The Hall–Kier alpha value is -3.26. The zero-order valence-corrected chi connectivity index (χ0v) is 19.5. The Balaban J connectivity index is 1.36. The lowest BCUT2D eigenvalue weighted by Crippen LogP contribution is -2.35. The van der Waals surface area contributed by atoms with Crippen LogP contribution in [-0.2, 0) is 24.3 Å². The van der Waals surface area contributed by atoms with E-state index in [1.165, 1.54) is 5.56 Å². The predicted molar refractivity (Wildman–Crippen MR) is 128 cm³/mol. The van der Waals surface area contributed by atoms with Gasteiger partial charge in [0.1, 0.15) is 18.2 Å². The molecule has 1 N–H and O–H groups in total. The van der Waals surface area contributed by atoms with Crippen LogP contribution in [0.15, 0.2) is 35.1 Å². The van der Waals surface area contributed by atoms with Crippen molar-refractivity contribution in [1.29, 1.82) is 0 Å². The number of carbonyl (C=O) groups excluding carboxylic acids is 1. The number of amides is 1. The second-order valence-electron chi connectivity index (χ2n) is 9.19. The second kappa shape index (κ2) is 8.59. The van der Waals surface area contributed by atoms with Crippen molar-refractivity contribution in [2.24, 2.45) is 0 Å². The fraction of sp³-hybridized carbons (Fsp3) is 0.440. The van der Waals surface area contributed by atoms with Gasteiger partial charge in [0.15, 0.2) is 0 Å². The van der Waals surface area contributed by atoms with Gasteiger partial charge in [-0.05, 0) is 38.4 Å². The molecule has 1 fully saturated rings. The molecule has 3 aromatic rings. The maximum Gasteiger partial charge on any atom is 0.251 e. The summed E-state index contributed by atoms with van der Waals surface area (Å²) < 4.78 is 1.59. The van der Waals surface area contributed by atoms with Crippen molar-refractivity contribution in [1.82, 2.24) is 24.3 Å². The molecular formula is C25H30N6O2. The van der Waals surface area contributed by atoms with Gasteiger partial charge < -0.3 is 15.1 Å². The smallest absolute Gasteiger partial charge is 0.251 e. The summed E-state index contributed by atoms with van der Waals surface area (Å²) in [5, 5.41) is 4.24. The second-order valence-corrected chi connectivity index (χ2v) is 9.19. The number of nitrogens with zero attached hydrogens (tertiary/aromatic N) is 5. The summed E-state index contributed by atoms with van der Waals surface area (Å²) in [5.74, 6) is 1.78. The van der Waals surface area contributed by atoms with E-state index >= 15 is 0 Å². The minimum atomic E-state index is -0.143. The van der Waals surface area contributed by atoms with Gasteiger partial charge in [-0.3, -0.25) is 14.2 Å². The van der Waals surface area contributed by atoms with Gasteiger partial charge in [0.25, 0.3) is 5.56 Å². The minimum absolute atomic E-state index is 0.0415. The highest BCUT2D eigenvalue weighted by Gasteiger charge is 2.31. The lowest BCUT2D eigenvalue weighted by Gasteiger charge is -2.26. The number of aromatic nitrogens is 3. The topological polar surface area (TPSA) is 83.4 Å². The van der Waals surface area contributed by atoms with E-state index in [1.807, 2.05) is 43.1 Å². The molecule has 8 heteroatoms. The standard InChI is InChI=1S/C25H30N6O2/c1-16-12-22(32)31(21-7-5-4-6-18(16)21)15-23(33)30-11-8-17(13-30)24-27-20-14-29(3)10-9-19(20)25(26-2)28-24/h4-7,12,17H,8-11,13-15H2,1-3H3,(H,26,27,28)/t17-/m1/s1. The van der Waals surface area contributed by atoms with Gasteiger partial charge >= 0.3 is 0 Å². The van der Waals surface area contributed by atoms with E-state index in [-0.39, 0.29) is 23.9 Å². The summed E-state index contributed by atoms with van der Waals surface area (Å²) in [6.45, 7) is 5.02. The Bertz CT molecular complexity index is 1280. The highest BCUT2D eigenvalue weighted by molar-refractivity contribution is 5.84. The third-order valence-corrected chi connectivity index (χ3v) is 6.94. The molecule has 1 saturated heterocycles. The third kappa shape index (κ3) is 3.99. The average molecular weight is 447 g/mol. The number of para-hydroxylation sites is 1. The molecule has 172 valence electrons. The van der Waals surface area contributed by atoms with Crippen LogP contribution < -0.4 is 10.9 Å². The van der Waals surface area contributed by atoms with Crippen LogP contribution in [0.3, 0.4) is 0 Å². The number of likely N-dealkylation sites (N-methyl/N-ethyl adjacent to an activating group) is 1. The number of carbonyl (C=O) groups is 1. The number of rotatable bonds is 4. The summed E-state index contributed by atoms with van der Waals surface area (Å²) in [5.41, 5.74) is 3.87. The molecule has 1 amide bonds. The van der Waals surface area contributed by atoms with E-state index in [2.05, 4.69) is 17.3 Å². The first kappa shape index (κ1) is 21.6. The number of hydrogen-bond acceptors (Lipinski definition) is 6. The van der Waals surface area contributed by atoms with Gasteiger partial charge in [-0.2, -0.15) is 0 Å². The molecule has 4 heterocycles. The van der Waals surface area contributed by atoms with Crippen LogP contribution >= 0.6 is 0 Å². The van der Waals surface area contributed by atoms with Crippen LogP contribution in [0.25, 0.3) is 10.9 Å². The van der Waals surface area contributed by atoms with Crippen molar-refractivity contribution in [3.05, 3.63) is 63.3 Å². The highest BCUT2D eigenvalue weighted by atomic mass is 16.2. The SMILES string of the molecule is CNc1nc([C@@H]2CCN(C(=O)Cn3c(=O)cc(C)c4ccccc43)C2)nc2c1CCN(C)C2. The highest BCUT2D eigenvalue weighted by Crippen LogP contribution is 2.30. The molecule has 2 aliphatic rings. The number of likely N-dealkylation sites (tertiary alicyclic amines) is 1. The normalized spacial score (nSPS) is 18.5.